The molecule has 0 amide bonds. The zero-order valence-corrected chi connectivity index (χ0v) is 10.7. The number of pyridine rings is 1. The molecule has 3 atom stereocenters. The molecule has 1 aliphatic heterocycles. The van der Waals surface area contributed by atoms with E-state index < -0.39 is 0 Å². The molecule has 0 saturated carbocycles. The number of hydrogen-bond donors (Lipinski definition) is 2. The smallest absolute Gasteiger partial charge is 0.0771 e. The van der Waals surface area contributed by atoms with Crippen molar-refractivity contribution in [2.24, 2.45) is 11.8 Å². The minimum atomic E-state index is 0.0902. The molecule has 1 fully saturated rings. The van der Waals surface area contributed by atoms with Crippen LogP contribution in [0.4, 0.5) is 0 Å². The van der Waals surface area contributed by atoms with Crippen molar-refractivity contribution in [3.05, 3.63) is 29.0 Å². The Labute approximate surface area is 106 Å². The molecule has 17 heavy (non-hydrogen) atoms. The predicted molar refractivity (Wildman–Crippen MR) is 67.6 cm³/mol. The van der Waals surface area contributed by atoms with Gasteiger partial charge in [0.15, 0.2) is 0 Å². The summed E-state index contributed by atoms with van der Waals surface area (Å²) in [4.78, 5) is 3.98. The molecule has 0 aromatic carbocycles. The van der Waals surface area contributed by atoms with E-state index in [2.05, 4.69) is 17.3 Å². The zero-order chi connectivity index (χ0) is 12.3. The molecular weight excluding hydrogens is 238 g/mol. The minimum absolute atomic E-state index is 0.0902. The molecule has 4 nitrogen and oxygen atoms in total. The molecule has 3 unspecified atom stereocenters. The Hall–Kier alpha value is -0.680. The van der Waals surface area contributed by atoms with Crippen LogP contribution in [0, 0.1) is 5.92 Å². The highest BCUT2D eigenvalue weighted by Gasteiger charge is 2.31. The Kier molecular flexibility index (Phi) is 4.34. The van der Waals surface area contributed by atoms with Crippen LogP contribution in [0.3, 0.4) is 0 Å². The van der Waals surface area contributed by atoms with Crippen LogP contribution in [0.1, 0.15) is 18.9 Å². The molecule has 1 aliphatic rings. The molecule has 1 saturated heterocycles. The monoisotopic (exact) mass is 255 g/mol. The first kappa shape index (κ1) is 12.8. The first-order chi connectivity index (χ1) is 8.22. The fraction of sp³-hybridized carbons (Fsp3) is 0.583. The van der Waals surface area contributed by atoms with Gasteiger partial charge in [0, 0.05) is 19.0 Å². The number of hydrazine groups is 1. The highest BCUT2D eigenvalue weighted by molar-refractivity contribution is 6.31. The number of nitrogens with zero attached hydrogens (tertiary/aromatic N) is 1. The highest BCUT2D eigenvalue weighted by Crippen LogP contribution is 2.25. The lowest BCUT2D eigenvalue weighted by atomic mass is 9.93. The molecule has 0 bridgehead atoms. The maximum Gasteiger partial charge on any atom is 0.0771 e. The third-order valence-electron chi connectivity index (χ3n) is 3.35. The topological polar surface area (TPSA) is 60.2 Å². The quantitative estimate of drug-likeness (QED) is 0.633. The predicted octanol–water partition coefficient (Wildman–Crippen LogP) is 1.53. The van der Waals surface area contributed by atoms with E-state index in [0.29, 0.717) is 10.9 Å². The van der Waals surface area contributed by atoms with Crippen molar-refractivity contribution in [3.63, 3.8) is 0 Å². The average Bonchev–Trinajstić information content (AvgIpc) is 2.75. The molecular formula is C12H18ClN3O. The van der Waals surface area contributed by atoms with Gasteiger partial charge >= 0.3 is 0 Å². The van der Waals surface area contributed by atoms with E-state index in [-0.39, 0.29) is 12.1 Å². The Bertz CT molecular complexity index is 375. The average molecular weight is 256 g/mol. The third-order valence-corrected chi connectivity index (χ3v) is 3.69. The number of rotatable bonds is 4. The van der Waals surface area contributed by atoms with E-state index in [4.69, 9.17) is 22.2 Å². The van der Waals surface area contributed by atoms with Gasteiger partial charge in [0.1, 0.15) is 0 Å². The molecule has 0 aliphatic carbocycles. The van der Waals surface area contributed by atoms with Crippen molar-refractivity contribution in [3.8, 4) is 0 Å². The number of ether oxygens (including phenoxy) is 1. The van der Waals surface area contributed by atoms with E-state index in [9.17, 15) is 0 Å². The van der Waals surface area contributed by atoms with Gasteiger partial charge < -0.3 is 4.74 Å². The fourth-order valence-corrected chi connectivity index (χ4v) is 2.50. The van der Waals surface area contributed by atoms with Crippen LogP contribution in [0.5, 0.6) is 0 Å². The number of aromatic nitrogens is 1. The lowest BCUT2D eigenvalue weighted by Crippen LogP contribution is -2.47. The van der Waals surface area contributed by atoms with Crippen molar-refractivity contribution in [1.82, 2.24) is 10.4 Å². The van der Waals surface area contributed by atoms with Gasteiger partial charge in [0.05, 0.1) is 17.2 Å². The summed E-state index contributed by atoms with van der Waals surface area (Å²) >= 11 is 6.10. The second-order valence-corrected chi connectivity index (χ2v) is 4.95. The van der Waals surface area contributed by atoms with Gasteiger partial charge in [-0.2, -0.15) is 0 Å². The van der Waals surface area contributed by atoms with E-state index in [0.717, 1.165) is 25.0 Å². The number of nitrogens with two attached hydrogens (primary N) is 1. The Morgan fingerprint density at radius 1 is 1.71 bits per heavy atom. The van der Waals surface area contributed by atoms with Crippen LogP contribution in [0.25, 0.3) is 0 Å². The van der Waals surface area contributed by atoms with E-state index >= 15 is 0 Å². The maximum atomic E-state index is 6.10. The molecule has 0 spiro atoms. The van der Waals surface area contributed by atoms with Crippen LogP contribution in [0.2, 0.25) is 5.02 Å². The summed E-state index contributed by atoms with van der Waals surface area (Å²) in [5, 5.41) is 0.679. The van der Waals surface area contributed by atoms with Crippen LogP contribution in [-0.4, -0.2) is 23.7 Å². The van der Waals surface area contributed by atoms with Gasteiger partial charge in [-0.3, -0.25) is 16.3 Å². The SMILES string of the molecule is CC1CCOC1C(Cc1ccncc1Cl)NN. The molecule has 1 aromatic heterocycles. The van der Waals surface area contributed by atoms with Crippen LogP contribution >= 0.6 is 11.6 Å². The fourth-order valence-electron chi connectivity index (χ4n) is 2.31. The Morgan fingerprint density at radius 3 is 3.12 bits per heavy atom. The molecule has 5 heteroatoms. The summed E-state index contributed by atoms with van der Waals surface area (Å²) in [6, 6.07) is 2.01. The molecule has 2 rings (SSSR count). The van der Waals surface area contributed by atoms with Gasteiger partial charge in [-0.1, -0.05) is 18.5 Å². The van der Waals surface area contributed by atoms with Crippen molar-refractivity contribution >= 4 is 11.6 Å². The standard InChI is InChI=1S/C12H18ClN3O/c1-8-3-5-17-12(8)11(16-14)6-9-2-4-15-7-10(9)13/h2,4,7-8,11-12,16H,3,5-6,14H2,1H3. The van der Waals surface area contributed by atoms with E-state index in [1.54, 1.807) is 12.4 Å². The van der Waals surface area contributed by atoms with Gasteiger partial charge in [-0.05, 0) is 30.4 Å². The second kappa shape index (κ2) is 5.78. The van der Waals surface area contributed by atoms with Crippen molar-refractivity contribution in [2.75, 3.05) is 6.61 Å². The van der Waals surface area contributed by atoms with Gasteiger partial charge in [-0.15, -0.1) is 0 Å². The molecule has 2 heterocycles. The normalized spacial score (nSPS) is 26.1. The summed E-state index contributed by atoms with van der Waals surface area (Å²) in [5.41, 5.74) is 3.89. The molecule has 1 aromatic rings. The molecule has 0 radical (unpaired) electrons. The highest BCUT2D eigenvalue weighted by atomic mass is 35.5. The lowest BCUT2D eigenvalue weighted by Gasteiger charge is -2.25. The largest absolute Gasteiger partial charge is 0.376 e. The first-order valence-corrected chi connectivity index (χ1v) is 6.26. The number of nitrogens with one attached hydrogen (secondary N) is 1. The van der Waals surface area contributed by atoms with Crippen LogP contribution in [-0.2, 0) is 11.2 Å². The van der Waals surface area contributed by atoms with Crippen LogP contribution < -0.4 is 11.3 Å². The summed E-state index contributed by atoms with van der Waals surface area (Å²) in [7, 11) is 0. The lowest BCUT2D eigenvalue weighted by molar-refractivity contribution is 0.0610. The van der Waals surface area contributed by atoms with Crippen LogP contribution in [0.15, 0.2) is 18.5 Å². The summed E-state index contributed by atoms with van der Waals surface area (Å²) < 4.78 is 5.73. The van der Waals surface area contributed by atoms with Crippen molar-refractivity contribution in [2.45, 2.75) is 31.9 Å². The Balaban J connectivity index is 2.07. The third kappa shape index (κ3) is 2.96. The summed E-state index contributed by atoms with van der Waals surface area (Å²) in [5.74, 6) is 6.15. The van der Waals surface area contributed by atoms with E-state index in [1.165, 1.54) is 0 Å². The van der Waals surface area contributed by atoms with Crippen molar-refractivity contribution in [1.29, 1.82) is 0 Å². The zero-order valence-electron chi connectivity index (χ0n) is 9.90. The van der Waals surface area contributed by atoms with Gasteiger partial charge in [0.25, 0.3) is 0 Å². The van der Waals surface area contributed by atoms with Crippen molar-refractivity contribution < 1.29 is 4.74 Å². The first-order valence-electron chi connectivity index (χ1n) is 5.88. The van der Waals surface area contributed by atoms with E-state index in [1.807, 2.05) is 6.07 Å². The molecule has 3 N–H and O–H groups in total. The summed E-state index contributed by atoms with van der Waals surface area (Å²) in [6.45, 7) is 3.00. The minimum Gasteiger partial charge on any atom is -0.376 e. The molecule has 94 valence electrons. The Morgan fingerprint density at radius 2 is 2.53 bits per heavy atom. The number of halogens is 1. The maximum absolute atomic E-state index is 6.10. The second-order valence-electron chi connectivity index (χ2n) is 4.55. The summed E-state index contributed by atoms with van der Waals surface area (Å²) in [6.07, 6.45) is 5.40. The van der Waals surface area contributed by atoms with Gasteiger partial charge in [0.2, 0.25) is 0 Å². The van der Waals surface area contributed by atoms with Gasteiger partial charge in [-0.25, -0.2) is 0 Å². The number of hydrogen-bond acceptors (Lipinski definition) is 4.